The Kier molecular flexibility index (Phi) is 14.2. The average molecular weight is 783 g/mol. The molecule has 1 unspecified atom stereocenters. The summed E-state index contributed by atoms with van der Waals surface area (Å²) in [6, 6.07) is 3.81. The number of sulfonamides is 1. The van der Waals surface area contributed by atoms with Gasteiger partial charge in [-0.05, 0) is 80.8 Å². The Morgan fingerprint density at radius 1 is 0.982 bits per heavy atom. The first-order valence-corrected chi connectivity index (χ1v) is 22.0. The molecule has 5 amide bonds. The Bertz CT molecular complexity index is 1670. The van der Waals surface area contributed by atoms with Crippen LogP contribution in [0.1, 0.15) is 103 Å². The molecule has 5 atom stereocenters. The van der Waals surface area contributed by atoms with E-state index in [9.17, 15) is 32.4 Å². The summed E-state index contributed by atoms with van der Waals surface area (Å²) in [4.78, 5) is 70.8. The number of likely N-dealkylation sites (N-methyl/N-ethyl adjacent to an activating group) is 1. The highest BCUT2D eigenvalue weighted by atomic mass is 32.2. The quantitative estimate of drug-likeness (QED) is 0.130. The van der Waals surface area contributed by atoms with Crippen LogP contribution in [0.2, 0.25) is 0 Å². The number of fused-ring (bicyclic) bond motifs is 1. The van der Waals surface area contributed by atoms with Gasteiger partial charge in [-0.25, -0.2) is 17.5 Å². The molecule has 304 valence electrons. The maximum Gasteiger partial charge on any atom is 0.315 e. The van der Waals surface area contributed by atoms with Crippen molar-refractivity contribution in [2.24, 2.45) is 17.3 Å². The van der Waals surface area contributed by atoms with Crippen molar-refractivity contribution in [3.8, 4) is 0 Å². The van der Waals surface area contributed by atoms with Crippen molar-refractivity contribution in [1.29, 1.82) is 0 Å². The fourth-order valence-corrected chi connectivity index (χ4v) is 9.51. The van der Waals surface area contributed by atoms with Crippen LogP contribution in [-0.4, -0.2) is 103 Å². The van der Waals surface area contributed by atoms with Gasteiger partial charge in [0.1, 0.15) is 12.1 Å². The molecule has 0 bridgehead atoms. The third-order valence-corrected chi connectivity index (χ3v) is 14.3. The monoisotopic (exact) mass is 782 g/mol. The number of carbonyl (C=O) groups is 5. The van der Waals surface area contributed by atoms with Crippen LogP contribution in [0.15, 0.2) is 36.9 Å². The second-order valence-corrected chi connectivity index (χ2v) is 18.8. The largest absolute Gasteiger partial charge is 0.347 e. The Morgan fingerprint density at radius 3 is 2.22 bits per heavy atom. The van der Waals surface area contributed by atoms with E-state index in [0.29, 0.717) is 25.7 Å². The van der Waals surface area contributed by atoms with Gasteiger partial charge in [0.05, 0.1) is 11.8 Å². The number of carbonyl (C=O) groups excluding carboxylic acids is 5. The molecule has 55 heavy (non-hydrogen) atoms. The van der Waals surface area contributed by atoms with Crippen LogP contribution in [0, 0.1) is 17.3 Å². The number of unbranched alkanes of at least 4 members (excludes halogenated alkanes) is 1. The number of hydrogen-bond donors (Lipinski definition) is 4. The van der Waals surface area contributed by atoms with E-state index >= 15 is 0 Å². The number of urea groups is 1. The SMILES string of the molecule is C=C[C@H]1CCN(C(=O)[C@@H](NC(=O)N[C@H](CN(C)S(=O)(=O)CC)C2(C)CCCCC2)C2Cc3ccccc3C2)[C@@H]1C(=O)NC(CCCC)C(=O)C(=O)NC1CC1. The van der Waals surface area contributed by atoms with Gasteiger partial charge < -0.3 is 26.2 Å². The highest BCUT2D eigenvalue weighted by Crippen LogP contribution is 2.39. The maximum atomic E-state index is 14.9. The van der Waals surface area contributed by atoms with Crippen LogP contribution < -0.4 is 21.3 Å². The molecule has 2 saturated carbocycles. The van der Waals surface area contributed by atoms with Crippen LogP contribution in [0.25, 0.3) is 0 Å². The van der Waals surface area contributed by atoms with Crippen LogP contribution in [0.4, 0.5) is 4.79 Å². The lowest BCUT2D eigenvalue weighted by atomic mass is 9.70. The van der Waals surface area contributed by atoms with Crippen molar-refractivity contribution in [2.45, 2.75) is 134 Å². The van der Waals surface area contributed by atoms with Gasteiger partial charge in [-0.2, -0.15) is 0 Å². The molecule has 0 radical (unpaired) electrons. The lowest BCUT2D eigenvalue weighted by Crippen LogP contribution is -2.61. The molecule has 3 fully saturated rings. The molecule has 4 N–H and O–H groups in total. The second kappa shape index (κ2) is 18.4. The average Bonchev–Trinajstić information content (AvgIpc) is 3.70. The van der Waals surface area contributed by atoms with E-state index in [4.69, 9.17) is 0 Å². The minimum Gasteiger partial charge on any atom is -0.347 e. The molecule has 1 heterocycles. The summed E-state index contributed by atoms with van der Waals surface area (Å²) in [5, 5.41) is 11.7. The molecule has 5 rings (SSSR count). The zero-order chi connectivity index (χ0) is 39.9. The number of amides is 5. The third-order valence-electron chi connectivity index (χ3n) is 12.4. The van der Waals surface area contributed by atoms with Crippen molar-refractivity contribution < 1.29 is 32.4 Å². The van der Waals surface area contributed by atoms with E-state index in [2.05, 4.69) is 34.8 Å². The van der Waals surface area contributed by atoms with Crippen LogP contribution in [0.5, 0.6) is 0 Å². The van der Waals surface area contributed by atoms with Gasteiger partial charge in [0.2, 0.25) is 27.6 Å². The molecule has 1 aliphatic heterocycles. The minimum atomic E-state index is -3.52. The number of likely N-dealkylation sites (tertiary alicyclic amines) is 1. The summed E-state index contributed by atoms with van der Waals surface area (Å²) in [6.07, 6.45) is 11.2. The smallest absolute Gasteiger partial charge is 0.315 e. The first-order valence-electron chi connectivity index (χ1n) is 20.4. The molecular formula is C41H62N6O7S. The van der Waals surface area contributed by atoms with E-state index in [1.165, 1.54) is 16.3 Å². The predicted molar refractivity (Wildman–Crippen MR) is 211 cm³/mol. The molecule has 3 aliphatic carbocycles. The first-order chi connectivity index (χ1) is 26.2. The summed E-state index contributed by atoms with van der Waals surface area (Å²) in [5.41, 5.74) is 1.83. The van der Waals surface area contributed by atoms with E-state index in [1.54, 1.807) is 13.0 Å². The van der Waals surface area contributed by atoms with Crippen molar-refractivity contribution >= 4 is 39.6 Å². The van der Waals surface area contributed by atoms with Crippen LogP contribution in [-0.2, 0) is 42.0 Å². The Labute approximate surface area is 327 Å². The molecule has 0 spiro atoms. The van der Waals surface area contributed by atoms with Gasteiger partial charge in [-0.3, -0.25) is 19.2 Å². The van der Waals surface area contributed by atoms with E-state index in [1.807, 2.05) is 31.2 Å². The minimum absolute atomic E-state index is 0.0125. The molecule has 4 aliphatic rings. The van der Waals surface area contributed by atoms with E-state index in [0.717, 1.165) is 62.5 Å². The lowest BCUT2D eigenvalue weighted by molar-refractivity contribution is -0.143. The Balaban J connectivity index is 1.40. The van der Waals surface area contributed by atoms with Gasteiger partial charge in [-0.15, -0.1) is 6.58 Å². The standard InChI is InChI=1S/C41H62N6O7S/c1-6-9-17-32(36(48)38(50)42-31-18-19-31)43-37(49)35-27(7-2)20-23-47(35)39(51)34(30-24-28-15-11-12-16-29(28)25-30)45-40(52)44-33(26-46(5)55(53,54)8-3)41(4)21-13-10-14-22-41/h7,11-12,15-16,27,30-35H,2,6,8-10,13-14,17-26H2,1,3-5H3,(H,42,50)(H,43,49)(H2,44,45,52)/t27-,32?,33+,34-,35-/m0/s1. The Morgan fingerprint density at radius 2 is 1.64 bits per heavy atom. The molecule has 1 aromatic carbocycles. The zero-order valence-electron chi connectivity index (χ0n) is 33.1. The highest BCUT2D eigenvalue weighted by molar-refractivity contribution is 7.89. The van der Waals surface area contributed by atoms with Gasteiger partial charge in [0.15, 0.2) is 0 Å². The molecule has 1 aromatic rings. The summed E-state index contributed by atoms with van der Waals surface area (Å²) in [6.45, 7) is 9.94. The highest BCUT2D eigenvalue weighted by Gasteiger charge is 2.47. The van der Waals surface area contributed by atoms with Crippen molar-refractivity contribution in [1.82, 2.24) is 30.5 Å². The van der Waals surface area contributed by atoms with Gasteiger partial charge in [0.25, 0.3) is 5.91 Å². The number of nitrogens with one attached hydrogen (secondary N) is 4. The van der Waals surface area contributed by atoms with Gasteiger partial charge >= 0.3 is 6.03 Å². The molecule has 0 aromatic heterocycles. The number of benzene rings is 1. The number of hydrogen-bond acceptors (Lipinski definition) is 7. The van der Waals surface area contributed by atoms with Crippen LogP contribution in [0.3, 0.4) is 0 Å². The molecule has 14 heteroatoms. The van der Waals surface area contributed by atoms with Gasteiger partial charge in [0, 0.05) is 38.1 Å². The summed E-state index contributed by atoms with van der Waals surface area (Å²) in [7, 11) is -1.99. The number of Topliss-reactive ketones (excluding diaryl/α,β-unsaturated/α-hetero) is 1. The van der Waals surface area contributed by atoms with Crippen LogP contribution >= 0.6 is 0 Å². The second-order valence-electron chi connectivity index (χ2n) is 16.5. The topological polar surface area (TPSA) is 174 Å². The first kappa shape index (κ1) is 42.4. The molecule has 13 nitrogen and oxygen atoms in total. The fraction of sp³-hybridized carbons (Fsp3) is 0.683. The Hall–Kier alpha value is -3.78. The number of ketones is 1. The normalized spacial score (nSPS) is 22.6. The van der Waals surface area contributed by atoms with E-state index < -0.39 is 69.6 Å². The third kappa shape index (κ3) is 10.3. The predicted octanol–water partition coefficient (Wildman–Crippen LogP) is 3.62. The van der Waals surface area contributed by atoms with Crippen molar-refractivity contribution in [3.05, 3.63) is 48.0 Å². The summed E-state index contributed by atoms with van der Waals surface area (Å²) in [5.74, 6) is -3.13. The number of nitrogens with zero attached hydrogens (tertiary/aromatic N) is 2. The van der Waals surface area contributed by atoms with Crippen molar-refractivity contribution in [3.63, 3.8) is 0 Å². The summed E-state index contributed by atoms with van der Waals surface area (Å²) >= 11 is 0. The maximum absolute atomic E-state index is 14.9. The zero-order valence-corrected chi connectivity index (χ0v) is 33.9. The van der Waals surface area contributed by atoms with Gasteiger partial charge in [-0.1, -0.05) is 76.3 Å². The fourth-order valence-electron chi connectivity index (χ4n) is 8.69. The lowest BCUT2D eigenvalue weighted by Gasteiger charge is -2.42. The van der Waals surface area contributed by atoms with Crippen molar-refractivity contribution in [2.75, 3.05) is 25.9 Å². The van der Waals surface area contributed by atoms with E-state index in [-0.39, 0.29) is 42.6 Å². The molecule has 1 saturated heterocycles. The number of rotatable bonds is 18. The molecular weight excluding hydrogens is 721 g/mol. The summed E-state index contributed by atoms with van der Waals surface area (Å²) < 4.78 is 27.0.